The lowest BCUT2D eigenvalue weighted by Gasteiger charge is -2.25. The van der Waals surface area contributed by atoms with Crippen LogP contribution in [0.2, 0.25) is 0 Å². The number of methoxy groups -OCH3 is 1. The number of ether oxygens (including phenoxy) is 1. The van der Waals surface area contributed by atoms with Gasteiger partial charge in [-0.1, -0.05) is 12.5 Å². The van der Waals surface area contributed by atoms with E-state index in [2.05, 4.69) is 5.32 Å². The quantitative estimate of drug-likeness (QED) is 0.817. The molecule has 2 aromatic rings. The van der Waals surface area contributed by atoms with E-state index in [0.29, 0.717) is 28.7 Å². The molecule has 0 saturated carbocycles. The first-order valence-corrected chi connectivity index (χ1v) is 10.8. The number of rotatable bonds is 6. The van der Waals surface area contributed by atoms with Crippen molar-refractivity contribution in [1.82, 2.24) is 4.31 Å². The first-order chi connectivity index (χ1) is 12.5. The number of nitrogens with zero attached hydrogens (tertiary/aromatic N) is 1. The van der Waals surface area contributed by atoms with Gasteiger partial charge in [-0.25, -0.2) is 8.42 Å². The average Bonchev–Trinajstić information content (AvgIpc) is 3.11. The van der Waals surface area contributed by atoms with Crippen molar-refractivity contribution in [2.75, 3.05) is 25.5 Å². The summed E-state index contributed by atoms with van der Waals surface area (Å²) in [6, 6.07) is 10.4. The molecule has 1 N–H and O–H groups in total. The maximum atomic E-state index is 12.7. The average molecular weight is 395 g/mol. The van der Waals surface area contributed by atoms with Gasteiger partial charge in [0.2, 0.25) is 5.91 Å². The number of hydrogen-bond acceptors (Lipinski definition) is 5. The Morgan fingerprint density at radius 1 is 1.19 bits per heavy atom. The fraction of sp³-hybridized carbons (Fsp3) is 0.389. The van der Waals surface area contributed by atoms with Crippen LogP contribution in [0.4, 0.5) is 5.69 Å². The van der Waals surface area contributed by atoms with Gasteiger partial charge in [-0.05, 0) is 37.1 Å². The number of anilines is 1. The molecule has 0 spiro atoms. The molecular weight excluding hydrogens is 372 g/mol. The Hall–Kier alpha value is -1.90. The van der Waals surface area contributed by atoms with Crippen LogP contribution in [0.15, 0.2) is 40.6 Å². The van der Waals surface area contributed by atoms with E-state index in [9.17, 15) is 13.2 Å². The molecule has 1 fully saturated rings. The van der Waals surface area contributed by atoms with Crippen molar-refractivity contribution in [3.05, 3.63) is 41.3 Å². The highest BCUT2D eigenvalue weighted by Gasteiger charge is 2.27. The van der Waals surface area contributed by atoms with E-state index >= 15 is 0 Å². The van der Waals surface area contributed by atoms with Crippen LogP contribution in [-0.4, -0.2) is 38.8 Å². The van der Waals surface area contributed by atoms with Crippen LogP contribution in [0.3, 0.4) is 0 Å². The van der Waals surface area contributed by atoms with Crippen molar-refractivity contribution in [2.24, 2.45) is 0 Å². The van der Waals surface area contributed by atoms with Gasteiger partial charge in [0.1, 0.15) is 9.96 Å². The van der Waals surface area contributed by atoms with Crippen molar-refractivity contribution in [3.63, 3.8) is 0 Å². The van der Waals surface area contributed by atoms with Crippen molar-refractivity contribution >= 4 is 33.0 Å². The largest absolute Gasteiger partial charge is 0.497 e. The van der Waals surface area contributed by atoms with E-state index in [1.807, 2.05) is 0 Å². The molecule has 0 bridgehead atoms. The molecule has 0 aliphatic carbocycles. The molecule has 6 nitrogen and oxygen atoms in total. The van der Waals surface area contributed by atoms with Crippen molar-refractivity contribution in [3.8, 4) is 5.75 Å². The van der Waals surface area contributed by atoms with Crippen molar-refractivity contribution < 1.29 is 17.9 Å². The number of nitrogens with one attached hydrogen (secondary N) is 1. The second-order valence-corrected chi connectivity index (χ2v) is 9.48. The van der Waals surface area contributed by atoms with Crippen LogP contribution in [0.1, 0.15) is 24.1 Å². The van der Waals surface area contributed by atoms with Gasteiger partial charge < -0.3 is 10.1 Å². The Labute approximate surface area is 157 Å². The molecule has 0 unspecified atom stereocenters. The minimum Gasteiger partial charge on any atom is -0.497 e. The van der Waals surface area contributed by atoms with Crippen LogP contribution in [0.5, 0.6) is 5.75 Å². The van der Waals surface area contributed by atoms with Gasteiger partial charge in [0, 0.05) is 29.7 Å². The fourth-order valence-corrected chi connectivity index (χ4v) is 5.91. The molecule has 140 valence electrons. The number of carbonyl (C=O) groups is 1. The molecule has 26 heavy (non-hydrogen) atoms. The molecule has 2 heterocycles. The third-order valence-corrected chi connectivity index (χ3v) is 7.69. The number of hydrogen-bond donors (Lipinski definition) is 1. The highest BCUT2D eigenvalue weighted by atomic mass is 32.2. The predicted molar refractivity (Wildman–Crippen MR) is 102 cm³/mol. The summed E-state index contributed by atoms with van der Waals surface area (Å²) in [4.78, 5) is 13.0. The van der Waals surface area contributed by atoms with E-state index in [1.54, 1.807) is 47.8 Å². The van der Waals surface area contributed by atoms with Gasteiger partial charge in [0.15, 0.2) is 0 Å². The summed E-state index contributed by atoms with van der Waals surface area (Å²) in [5.41, 5.74) is 0.645. The lowest BCUT2D eigenvalue weighted by atomic mass is 10.2. The summed E-state index contributed by atoms with van der Waals surface area (Å²) in [6.45, 7) is 1.15. The molecule has 3 rings (SSSR count). The molecule has 1 amide bonds. The highest BCUT2D eigenvalue weighted by molar-refractivity contribution is 7.91. The Morgan fingerprint density at radius 2 is 1.96 bits per heavy atom. The van der Waals surface area contributed by atoms with Gasteiger partial charge in [0.05, 0.1) is 13.5 Å². The number of thiophene rings is 1. The summed E-state index contributed by atoms with van der Waals surface area (Å²) >= 11 is 1.16. The van der Waals surface area contributed by atoms with Crippen LogP contribution in [0.25, 0.3) is 0 Å². The highest BCUT2D eigenvalue weighted by Crippen LogP contribution is 2.27. The monoisotopic (exact) mass is 394 g/mol. The molecule has 1 aromatic heterocycles. The van der Waals surface area contributed by atoms with Crippen LogP contribution >= 0.6 is 11.3 Å². The molecular formula is C18H22N2O4S2. The van der Waals surface area contributed by atoms with E-state index in [4.69, 9.17) is 4.74 Å². The lowest BCUT2D eigenvalue weighted by Crippen LogP contribution is -2.35. The number of amides is 1. The summed E-state index contributed by atoms with van der Waals surface area (Å²) < 4.78 is 32.3. The minimum atomic E-state index is -3.44. The standard InChI is InChI=1S/C18H22N2O4S2/c1-24-15-7-5-6-14(12-15)19-17(21)13-16-8-9-18(25-16)26(22,23)20-10-3-2-4-11-20/h5-9,12H,2-4,10-11,13H2,1H3,(H,19,21). The number of benzene rings is 1. The van der Waals surface area contributed by atoms with Crippen molar-refractivity contribution in [1.29, 1.82) is 0 Å². The van der Waals surface area contributed by atoms with E-state index in [1.165, 1.54) is 0 Å². The maximum absolute atomic E-state index is 12.7. The summed E-state index contributed by atoms with van der Waals surface area (Å²) in [5.74, 6) is 0.468. The molecule has 8 heteroatoms. The number of carbonyl (C=O) groups excluding carboxylic acids is 1. The molecule has 1 aliphatic rings. The van der Waals surface area contributed by atoms with Gasteiger partial charge >= 0.3 is 0 Å². The maximum Gasteiger partial charge on any atom is 0.252 e. The van der Waals surface area contributed by atoms with E-state index in [-0.39, 0.29) is 12.3 Å². The van der Waals surface area contributed by atoms with E-state index < -0.39 is 10.0 Å². The van der Waals surface area contributed by atoms with Gasteiger partial charge in [-0.2, -0.15) is 4.31 Å². The van der Waals surface area contributed by atoms with Crippen LogP contribution in [-0.2, 0) is 21.2 Å². The lowest BCUT2D eigenvalue weighted by molar-refractivity contribution is -0.115. The number of piperidine rings is 1. The van der Waals surface area contributed by atoms with Crippen LogP contribution in [0, 0.1) is 0 Å². The zero-order valence-corrected chi connectivity index (χ0v) is 16.2. The van der Waals surface area contributed by atoms with Crippen LogP contribution < -0.4 is 10.1 Å². The Bertz CT molecular complexity index is 871. The second kappa shape index (κ2) is 8.20. The molecule has 1 aromatic carbocycles. The summed E-state index contributed by atoms with van der Waals surface area (Å²) in [7, 11) is -1.87. The molecule has 0 radical (unpaired) electrons. The minimum absolute atomic E-state index is 0.136. The zero-order chi connectivity index (χ0) is 18.6. The van der Waals surface area contributed by atoms with Crippen molar-refractivity contribution in [2.45, 2.75) is 29.9 Å². The third-order valence-electron chi connectivity index (χ3n) is 4.23. The number of sulfonamides is 1. The second-order valence-electron chi connectivity index (χ2n) is 6.14. The SMILES string of the molecule is COc1cccc(NC(=O)Cc2ccc(S(=O)(=O)N3CCCCC3)s2)c1. The normalized spacial score (nSPS) is 15.6. The molecule has 0 atom stereocenters. The van der Waals surface area contributed by atoms with Gasteiger partial charge in [-0.3, -0.25) is 4.79 Å². The molecule has 1 saturated heterocycles. The smallest absolute Gasteiger partial charge is 0.252 e. The Balaban J connectivity index is 1.65. The molecule has 1 aliphatic heterocycles. The first-order valence-electron chi connectivity index (χ1n) is 8.52. The summed E-state index contributed by atoms with van der Waals surface area (Å²) in [5, 5.41) is 2.80. The predicted octanol–water partition coefficient (Wildman–Crippen LogP) is 3.11. The summed E-state index contributed by atoms with van der Waals surface area (Å²) in [6.07, 6.45) is 3.02. The third kappa shape index (κ3) is 4.44. The van der Waals surface area contributed by atoms with Gasteiger partial charge in [-0.15, -0.1) is 11.3 Å². The van der Waals surface area contributed by atoms with E-state index in [0.717, 1.165) is 35.5 Å². The Kier molecular flexibility index (Phi) is 5.95. The van der Waals surface area contributed by atoms with Gasteiger partial charge in [0.25, 0.3) is 10.0 Å². The topological polar surface area (TPSA) is 75.7 Å². The zero-order valence-electron chi connectivity index (χ0n) is 14.6. The Morgan fingerprint density at radius 3 is 2.69 bits per heavy atom. The fourth-order valence-electron chi connectivity index (χ4n) is 2.89. The first kappa shape index (κ1) is 18.9.